The number of hydrogen-bond donors (Lipinski definition) is 0. The number of sulfonamides is 1. The van der Waals surface area contributed by atoms with Gasteiger partial charge in [-0.1, -0.05) is 29.3 Å². The van der Waals surface area contributed by atoms with Crippen LogP contribution in [0.5, 0.6) is 17.2 Å². The minimum absolute atomic E-state index is 0.136. The zero-order valence-electron chi connectivity index (χ0n) is 23.4. The summed E-state index contributed by atoms with van der Waals surface area (Å²) in [5, 5.41) is 0.717. The van der Waals surface area contributed by atoms with Gasteiger partial charge in [0.2, 0.25) is 10.0 Å². The average molecular weight is 623 g/mol. The van der Waals surface area contributed by atoms with E-state index in [4.69, 9.17) is 37.4 Å². The van der Waals surface area contributed by atoms with Crippen LogP contribution in [0.15, 0.2) is 59.5 Å². The first-order valence-electron chi connectivity index (χ1n) is 12.9. The molecule has 0 saturated carbocycles. The fourth-order valence-electron chi connectivity index (χ4n) is 4.66. The van der Waals surface area contributed by atoms with E-state index < -0.39 is 10.0 Å². The number of benzene rings is 3. The van der Waals surface area contributed by atoms with Crippen LogP contribution in [0.4, 0.5) is 5.69 Å². The molecule has 1 fully saturated rings. The topological polar surface area (TPSA) is 88.6 Å². The predicted molar refractivity (Wildman–Crippen MR) is 161 cm³/mol. The first kappa shape index (κ1) is 30.8. The molecule has 0 N–H and O–H groups in total. The summed E-state index contributed by atoms with van der Waals surface area (Å²) >= 11 is 12.1. The Balaban J connectivity index is 1.46. The highest BCUT2D eigenvalue weighted by molar-refractivity contribution is 7.89. The van der Waals surface area contributed by atoms with Crippen molar-refractivity contribution in [2.24, 2.45) is 0 Å². The highest BCUT2D eigenvalue weighted by Gasteiger charge is 2.27. The van der Waals surface area contributed by atoms with Crippen molar-refractivity contribution in [3.05, 3.63) is 75.8 Å². The van der Waals surface area contributed by atoms with E-state index in [1.54, 1.807) is 75.7 Å². The van der Waals surface area contributed by atoms with Crippen molar-refractivity contribution in [2.45, 2.75) is 11.3 Å². The van der Waals surface area contributed by atoms with Crippen molar-refractivity contribution in [3.63, 3.8) is 0 Å². The maximum atomic E-state index is 13.5. The second kappa shape index (κ2) is 13.2. The van der Waals surface area contributed by atoms with Crippen LogP contribution in [0.2, 0.25) is 10.0 Å². The summed E-state index contributed by atoms with van der Waals surface area (Å²) in [6.07, 6.45) is 0.494. The number of carbonyl (C=O) groups excluding carboxylic acids is 1. The number of hydrogen-bond acceptors (Lipinski definition) is 7. The number of piperazine rings is 1. The van der Waals surface area contributed by atoms with Crippen LogP contribution >= 0.6 is 23.2 Å². The zero-order valence-corrected chi connectivity index (χ0v) is 25.7. The van der Waals surface area contributed by atoms with E-state index in [1.165, 1.54) is 4.31 Å². The summed E-state index contributed by atoms with van der Waals surface area (Å²) in [4.78, 5) is 16.9. The highest BCUT2D eigenvalue weighted by Crippen LogP contribution is 2.33. The molecule has 3 aromatic rings. The number of methoxy groups -OCH3 is 3. The summed E-state index contributed by atoms with van der Waals surface area (Å²) < 4.78 is 44.6. The van der Waals surface area contributed by atoms with E-state index in [0.717, 1.165) is 5.56 Å². The van der Waals surface area contributed by atoms with Crippen LogP contribution in [0, 0.1) is 0 Å². The van der Waals surface area contributed by atoms with Gasteiger partial charge < -0.3 is 24.0 Å². The summed E-state index contributed by atoms with van der Waals surface area (Å²) in [5.41, 5.74) is 2.05. The lowest BCUT2D eigenvalue weighted by atomic mass is 10.1. The molecule has 0 bridgehead atoms. The summed E-state index contributed by atoms with van der Waals surface area (Å²) in [5.74, 6) is 1.63. The van der Waals surface area contributed by atoms with Crippen molar-refractivity contribution < 1.29 is 27.4 Å². The molecule has 3 aromatic carbocycles. The Morgan fingerprint density at radius 2 is 1.49 bits per heavy atom. The molecule has 0 unspecified atom stereocenters. The molecule has 0 spiro atoms. The fraction of sp³-hybridized carbons (Fsp3) is 0.345. The third-order valence-corrected chi connectivity index (χ3v) is 9.69. The molecular weight excluding hydrogens is 589 g/mol. The van der Waals surface area contributed by atoms with Gasteiger partial charge in [-0.25, -0.2) is 12.7 Å². The van der Waals surface area contributed by atoms with Gasteiger partial charge in [0.1, 0.15) is 5.75 Å². The van der Waals surface area contributed by atoms with Crippen LogP contribution in [0.25, 0.3) is 0 Å². The van der Waals surface area contributed by atoms with Gasteiger partial charge in [-0.3, -0.25) is 4.79 Å². The molecule has 4 rings (SSSR count). The average Bonchev–Trinajstić information content (AvgIpc) is 3.00. The molecule has 1 saturated heterocycles. The molecule has 41 heavy (non-hydrogen) atoms. The molecule has 12 heteroatoms. The summed E-state index contributed by atoms with van der Waals surface area (Å²) in [7, 11) is 2.46. The van der Waals surface area contributed by atoms with E-state index in [2.05, 4.69) is 0 Å². The predicted octanol–water partition coefficient (Wildman–Crippen LogP) is 4.84. The van der Waals surface area contributed by atoms with E-state index in [1.807, 2.05) is 17.0 Å². The van der Waals surface area contributed by atoms with Crippen molar-refractivity contribution in [3.8, 4) is 17.2 Å². The largest absolute Gasteiger partial charge is 0.495 e. The Morgan fingerprint density at radius 3 is 2.12 bits per heavy atom. The van der Waals surface area contributed by atoms with Crippen molar-refractivity contribution >= 4 is 44.8 Å². The van der Waals surface area contributed by atoms with Crippen LogP contribution < -0.4 is 19.1 Å². The lowest BCUT2D eigenvalue weighted by Gasteiger charge is -2.37. The number of nitrogens with zero attached hydrogens (tertiary/aromatic N) is 3. The van der Waals surface area contributed by atoms with Gasteiger partial charge in [0.25, 0.3) is 5.91 Å². The smallest absolute Gasteiger partial charge is 0.254 e. The van der Waals surface area contributed by atoms with Crippen molar-refractivity contribution in [2.75, 3.05) is 66.0 Å². The number of rotatable bonds is 10. The number of ether oxygens (including phenoxy) is 3. The second-order valence-corrected chi connectivity index (χ2v) is 12.4. The van der Waals surface area contributed by atoms with Crippen molar-refractivity contribution in [1.82, 2.24) is 9.21 Å². The first-order valence-corrected chi connectivity index (χ1v) is 15.1. The van der Waals surface area contributed by atoms with Gasteiger partial charge in [0.15, 0.2) is 11.5 Å². The normalized spacial score (nSPS) is 13.8. The number of likely N-dealkylation sites (N-methyl/N-ethyl adjacent to an activating group) is 1. The molecule has 220 valence electrons. The van der Waals surface area contributed by atoms with E-state index >= 15 is 0 Å². The third kappa shape index (κ3) is 6.83. The second-order valence-electron chi connectivity index (χ2n) is 9.51. The first-order chi connectivity index (χ1) is 19.6. The number of halogens is 2. The number of anilines is 1. The minimum Gasteiger partial charge on any atom is -0.495 e. The van der Waals surface area contributed by atoms with Gasteiger partial charge in [-0.05, 0) is 60.5 Å². The summed E-state index contributed by atoms with van der Waals surface area (Å²) in [6.45, 7) is 2.17. The van der Waals surface area contributed by atoms with E-state index in [-0.39, 0.29) is 17.3 Å². The standard InChI is InChI=1S/C29H33Cl2N3O6S/c1-32(12-11-20-5-9-27(39-3)28(17-20)40-4)41(36,37)22-7-10-26(38-2)25(19-22)33-13-15-34(16-14-33)29(35)21-6-8-23(30)24(31)18-21/h5-10,17-19H,11-16H2,1-4H3. The van der Waals surface area contributed by atoms with Crippen LogP contribution in [-0.2, 0) is 16.4 Å². The molecule has 1 heterocycles. The third-order valence-electron chi connectivity index (χ3n) is 7.10. The van der Waals surface area contributed by atoms with Crippen molar-refractivity contribution in [1.29, 1.82) is 0 Å². The Kier molecular flexibility index (Phi) is 9.91. The van der Waals surface area contributed by atoms with Gasteiger partial charge in [0, 0.05) is 45.3 Å². The molecule has 0 aromatic heterocycles. The van der Waals surface area contributed by atoms with Gasteiger partial charge in [-0.2, -0.15) is 0 Å². The zero-order chi connectivity index (χ0) is 29.7. The van der Waals surface area contributed by atoms with Crippen LogP contribution in [-0.4, -0.2) is 84.6 Å². The van der Waals surface area contributed by atoms with E-state index in [9.17, 15) is 13.2 Å². The molecule has 1 amide bonds. The van der Waals surface area contributed by atoms with Crippen LogP contribution in [0.1, 0.15) is 15.9 Å². The molecule has 0 aliphatic carbocycles. The number of amides is 1. The quantitative estimate of drug-likeness (QED) is 0.320. The lowest BCUT2D eigenvalue weighted by Crippen LogP contribution is -2.49. The summed E-state index contributed by atoms with van der Waals surface area (Å²) in [6, 6.07) is 15.2. The van der Waals surface area contributed by atoms with Gasteiger partial charge >= 0.3 is 0 Å². The molecule has 0 radical (unpaired) electrons. The van der Waals surface area contributed by atoms with Gasteiger partial charge in [0.05, 0.1) is 42.0 Å². The fourth-order valence-corrected chi connectivity index (χ4v) is 6.15. The molecule has 1 aliphatic heterocycles. The maximum Gasteiger partial charge on any atom is 0.254 e. The Bertz CT molecular complexity index is 1510. The monoisotopic (exact) mass is 621 g/mol. The highest BCUT2D eigenvalue weighted by atomic mass is 35.5. The Hall–Kier alpha value is -3.18. The molecular formula is C29H33Cl2N3O6S. The SMILES string of the molecule is COc1ccc(CCN(C)S(=O)(=O)c2ccc(OC)c(N3CCN(C(=O)c4ccc(Cl)c(Cl)c4)CC3)c2)cc1OC. The Morgan fingerprint density at radius 1 is 0.829 bits per heavy atom. The molecule has 9 nitrogen and oxygen atoms in total. The number of carbonyl (C=O) groups is 1. The van der Waals surface area contributed by atoms with Gasteiger partial charge in [-0.15, -0.1) is 0 Å². The molecule has 1 aliphatic rings. The van der Waals surface area contributed by atoms with Crippen LogP contribution in [0.3, 0.4) is 0 Å². The van der Waals surface area contributed by atoms with E-state index in [0.29, 0.717) is 71.1 Å². The lowest BCUT2D eigenvalue weighted by molar-refractivity contribution is 0.0746. The Labute approximate surface area is 251 Å². The maximum absolute atomic E-state index is 13.5. The molecule has 0 atom stereocenters. The minimum atomic E-state index is -3.78.